The first-order valence-corrected chi connectivity index (χ1v) is 4.80. The van der Waals surface area contributed by atoms with E-state index in [1.54, 1.807) is 0 Å². The van der Waals surface area contributed by atoms with Crippen LogP contribution in [0.5, 0.6) is 0 Å². The van der Waals surface area contributed by atoms with E-state index in [4.69, 9.17) is 5.11 Å². The number of hydrogen-bond acceptors (Lipinski definition) is 2. The molecule has 0 aliphatic heterocycles. The lowest BCUT2D eigenvalue weighted by Gasteiger charge is -2.06. The molecule has 0 bridgehead atoms. The Morgan fingerprint density at radius 1 is 1.29 bits per heavy atom. The second kappa shape index (κ2) is 5.47. The van der Waals surface area contributed by atoms with Crippen LogP contribution in [0.1, 0.15) is 28.8 Å². The maximum atomic E-state index is 13.5. The average molecular weight is 246 g/mol. The third-order valence-corrected chi connectivity index (χ3v) is 2.22. The van der Waals surface area contributed by atoms with Crippen LogP contribution in [0.2, 0.25) is 0 Å². The van der Waals surface area contributed by atoms with Crippen molar-refractivity contribution in [3.05, 3.63) is 34.6 Å². The zero-order chi connectivity index (χ0) is 13.0. The van der Waals surface area contributed by atoms with E-state index < -0.39 is 29.0 Å². The average Bonchev–Trinajstić information content (AvgIpc) is 2.26. The van der Waals surface area contributed by atoms with Crippen molar-refractivity contribution in [2.24, 2.45) is 0 Å². The number of aryl methyl sites for hydroxylation is 1. The maximum Gasteiger partial charge on any atom is 0.303 e. The number of aldehydes is 1. The number of halogens is 3. The van der Waals surface area contributed by atoms with Crippen LogP contribution in [-0.2, 0) is 11.2 Å². The van der Waals surface area contributed by atoms with E-state index in [0.717, 1.165) is 0 Å². The highest BCUT2D eigenvalue weighted by molar-refractivity contribution is 5.76. The second-order valence-corrected chi connectivity index (χ2v) is 3.42. The van der Waals surface area contributed by atoms with Crippen molar-refractivity contribution in [2.45, 2.75) is 19.3 Å². The molecule has 1 aromatic carbocycles. The molecule has 92 valence electrons. The summed E-state index contributed by atoms with van der Waals surface area (Å²) in [4.78, 5) is 20.6. The minimum Gasteiger partial charge on any atom is -0.481 e. The zero-order valence-corrected chi connectivity index (χ0v) is 8.67. The molecule has 6 heteroatoms. The first-order valence-electron chi connectivity index (χ1n) is 4.80. The second-order valence-electron chi connectivity index (χ2n) is 3.42. The summed E-state index contributed by atoms with van der Waals surface area (Å²) in [6.45, 7) is 0. The normalized spacial score (nSPS) is 10.3. The van der Waals surface area contributed by atoms with E-state index in [-0.39, 0.29) is 31.1 Å². The van der Waals surface area contributed by atoms with Crippen LogP contribution < -0.4 is 0 Å². The highest BCUT2D eigenvalue weighted by Crippen LogP contribution is 2.20. The Labute approximate surface area is 94.9 Å². The first-order chi connectivity index (χ1) is 7.97. The summed E-state index contributed by atoms with van der Waals surface area (Å²) in [5, 5.41) is 8.38. The number of carbonyl (C=O) groups is 2. The van der Waals surface area contributed by atoms with Crippen LogP contribution in [-0.4, -0.2) is 17.4 Å². The quantitative estimate of drug-likeness (QED) is 0.640. The van der Waals surface area contributed by atoms with Gasteiger partial charge in [-0.3, -0.25) is 9.59 Å². The van der Waals surface area contributed by atoms with Crippen LogP contribution in [0.25, 0.3) is 0 Å². The summed E-state index contributed by atoms with van der Waals surface area (Å²) in [5.74, 6) is -5.05. The monoisotopic (exact) mass is 246 g/mol. The Hall–Kier alpha value is -1.85. The van der Waals surface area contributed by atoms with Gasteiger partial charge in [-0.2, -0.15) is 0 Å². The summed E-state index contributed by atoms with van der Waals surface area (Å²) >= 11 is 0. The number of rotatable bonds is 5. The van der Waals surface area contributed by atoms with Crippen molar-refractivity contribution >= 4 is 12.3 Å². The van der Waals surface area contributed by atoms with Gasteiger partial charge in [0.05, 0.1) is 5.56 Å². The fourth-order valence-corrected chi connectivity index (χ4v) is 1.39. The zero-order valence-electron chi connectivity index (χ0n) is 8.67. The van der Waals surface area contributed by atoms with Gasteiger partial charge in [0.25, 0.3) is 0 Å². The molecule has 0 aliphatic rings. The molecule has 0 saturated carbocycles. The SMILES string of the molecule is O=Cc1c(F)c(F)cc(CCCC(=O)O)c1F. The van der Waals surface area contributed by atoms with Crippen LogP contribution in [0, 0.1) is 17.5 Å². The van der Waals surface area contributed by atoms with Crippen LogP contribution in [0.3, 0.4) is 0 Å². The predicted octanol–water partition coefficient (Wildman–Crippen LogP) is 2.32. The van der Waals surface area contributed by atoms with Gasteiger partial charge < -0.3 is 5.11 Å². The number of carboxylic acid groups (broad SMARTS) is 1. The number of hydrogen-bond donors (Lipinski definition) is 1. The van der Waals surface area contributed by atoms with Crippen LogP contribution >= 0.6 is 0 Å². The van der Waals surface area contributed by atoms with E-state index in [1.807, 2.05) is 0 Å². The highest BCUT2D eigenvalue weighted by atomic mass is 19.2. The third kappa shape index (κ3) is 3.05. The molecule has 0 amide bonds. The lowest BCUT2D eigenvalue weighted by atomic mass is 10.0. The Morgan fingerprint density at radius 2 is 1.94 bits per heavy atom. The molecule has 1 rings (SSSR count). The van der Waals surface area contributed by atoms with Crippen molar-refractivity contribution in [2.75, 3.05) is 0 Å². The molecule has 0 fully saturated rings. The van der Waals surface area contributed by atoms with Gasteiger partial charge in [0, 0.05) is 6.42 Å². The minimum absolute atomic E-state index is 0.0732. The summed E-state index contributed by atoms with van der Waals surface area (Å²) in [6, 6.07) is 0.638. The molecule has 0 heterocycles. The molecule has 0 atom stereocenters. The lowest BCUT2D eigenvalue weighted by molar-refractivity contribution is -0.137. The number of aliphatic carboxylic acids is 1. The third-order valence-electron chi connectivity index (χ3n) is 2.22. The summed E-state index contributed by atoms with van der Waals surface area (Å²) < 4.78 is 39.4. The lowest BCUT2D eigenvalue weighted by Crippen LogP contribution is -2.04. The number of carbonyl (C=O) groups excluding carboxylic acids is 1. The molecular formula is C11H9F3O3. The van der Waals surface area contributed by atoms with Crippen LogP contribution in [0.15, 0.2) is 6.07 Å². The van der Waals surface area contributed by atoms with Gasteiger partial charge in [-0.15, -0.1) is 0 Å². The van der Waals surface area contributed by atoms with Crippen molar-refractivity contribution in [1.29, 1.82) is 0 Å². The van der Waals surface area contributed by atoms with E-state index >= 15 is 0 Å². The van der Waals surface area contributed by atoms with Crippen molar-refractivity contribution in [3.63, 3.8) is 0 Å². The van der Waals surface area contributed by atoms with Gasteiger partial charge in [0.1, 0.15) is 5.82 Å². The summed E-state index contributed by atoms with van der Waals surface area (Å²) in [7, 11) is 0. The van der Waals surface area contributed by atoms with Gasteiger partial charge >= 0.3 is 5.97 Å². The molecule has 1 aromatic rings. The fourth-order valence-electron chi connectivity index (χ4n) is 1.39. The van der Waals surface area contributed by atoms with Gasteiger partial charge in [-0.25, -0.2) is 13.2 Å². The van der Waals surface area contributed by atoms with Crippen molar-refractivity contribution in [1.82, 2.24) is 0 Å². The molecule has 17 heavy (non-hydrogen) atoms. The Kier molecular flexibility index (Phi) is 4.25. The standard InChI is InChI=1S/C11H9F3O3/c12-8-4-6(2-1-3-9(16)17)10(13)7(5-15)11(8)14/h4-5H,1-3H2,(H,16,17). The van der Waals surface area contributed by atoms with Crippen molar-refractivity contribution in [3.8, 4) is 0 Å². The summed E-state index contributed by atoms with van der Waals surface area (Å²) in [5.41, 5.74) is -1.16. The Balaban J connectivity index is 2.96. The van der Waals surface area contributed by atoms with Gasteiger partial charge in [0.15, 0.2) is 17.9 Å². The van der Waals surface area contributed by atoms with E-state index in [2.05, 4.69) is 0 Å². The Morgan fingerprint density at radius 3 is 2.47 bits per heavy atom. The maximum absolute atomic E-state index is 13.5. The number of benzene rings is 1. The molecule has 0 spiro atoms. The van der Waals surface area contributed by atoms with Crippen LogP contribution in [0.4, 0.5) is 13.2 Å². The molecular weight excluding hydrogens is 237 g/mol. The molecule has 0 aromatic heterocycles. The molecule has 0 aliphatic carbocycles. The predicted molar refractivity (Wildman–Crippen MR) is 52.3 cm³/mol. The number of carboxylic acids is 1. The molecule has 0 saturated heterocycles. The van der Waals surface area contributed by atoms with Gasteiger partial charge in [-0.05, 0) is 24.5 Å². The molecule has 0 unspecified atom stereocenters. The fraction of sp³-hybridized carbons (Fsp3) is 0.273. The van der Waals surface area contributed by atoms with E-state index in [0.29, 0.717) is 6.07 Å². The van der Waals surface area contributed by atoms with E-state index in [9.17, 15) is 22.8 Å². The minimum atomic E-state index is -1.53. The van der Waals surface area contributed by atoms with E-state index in [1.165, 1.54) is 0 Å². The highest BCUT2D eigenvalue weighted by Gasteiger charge is 2.18. The summed E-state index contributed by atoms with van der Waals surface area (Å²) in [6.07, 6.45) is -0.310. The van der Waals surface area contributed by atoms with Crippen molar-refractivity contribution < 1.29 is 27.9 Å². The molecule has 1 N–H and O–H groups in total. The first kappa shape index (κ1) is 13.2. The Bertz CT molecular complexity index is 458. The smallest absolute Gasteiger partial charge is 0.303 e. The molecule has 3 nitrogen and oxygen atoms in total. The molecule has 0 radical (unpaired) electrons. The topological polar surface area (TPSA) is 54.4 Å². The van der Waals surface area contributed by atoms with Gasteiger partial charge in [-0.1, -0.05) is 0 Å². The van der Waals surface area contributed by atoms with Gasteiger partial charge in [0.2, 0.25) is 0 Å². The largest absolute Gasteiger partial charge is 0.481 e.